The van der Waals surface area contributed by atoms with Crippen LogP contribution in [0.1, 0.15) is 18.9 Å². The Kier molecular flexibility index (Phi) is 11.6. The zero-order chi connectivity index (χ0) is 20.4. The summed E-state index contributed by atoms with van der Waals surface area (Å²) >= 11 is 0. The standard InChI is InChI=1S/C20H30FN5O2.HI/c1-4-28-11-5-9-22-20(25-14-19(27)26(2)3)23-10-8-15-13-24-18-12-16(21)6-7-17(15)18;/h6-7,12-13,24H,4-5,8-11,14H2,1-3H3,(H2,22,23,25);1H. The number of halogens is 2. The van der Waals surface area contributed by atoms with E-state index in [0.29, 0.717) is 32.3 Å². The van der Waals surface area contributed by atoms with E-state index in [1.165, 1.54) is 17.0 Å². The Bertz CT molecular complexity index is 794. The van der Waals surface area contributed by atoms with Gasteiger partial charge in [-0.2, -0.15) is 0 Å². The Hall–Kier alpha value is -1.88. The first-order chi connectivity index (χ1) is 13.5. The molecule has 0 aliphatic heterocycles. The molecule has 0 aliphatic rings. The van der Waals surface area contributed by atoms with E-state index >= 15 is 0 Å². The minimum Gasteiger partial charge on any atom is -0.382 e. The zero-order valence-corrected chi connectivity index (χ0v) is 19.6. The van der Waals surface area contributed by atoms with Gasteiger partial charge in [-0.15, -0.1) is 24.0 Å². The number of carbonyl (C=O) groups excluding carboxylic acids is 1. The number of guanidine groups is 1. The molecule has 0 bridgehead atoms. The Balaban J connectivity index is 0.00000420. The number of ether oxygens (including phenoxy) is 1. The van der Waals surface area contributed by atoms with E-state index < -0.39 is 0 Å². The van der Waals surface area contributed by atoms with Crippen molar-refractivity contribution in [1.29, 1.82) is 0 Å². The molecule has 0 saturated heterocycles. The highest BCUT2D eigenvalue weighted by Gasteiger charge is 2.07. The summed E-state index contributed by atoms with van der Waals surface area (Å²) in [6.07, 6.45) is 3.49. The van der Waals surface area contributed by atoms with Gasteiger partial charge < -0.3 is 25.3 Å². The number of rotatable bonds is 10. The third-order valence-electron chi connectivity index (χ3n) is 4.25. The summed E-state index contributed by atoms with van der Waals surface area (Å²) in [5.74, 6) is 0.280. The van der Waals surface area contributed by atoms with Crippen molar-refractivity contribution < 1.29 is 13.9 Å². The van der Waals surface area contributed by atoms with Gasteiger partial charge in [-0.1, -0.05) is 0 Å². The summed E-state index contributed by atoms with van der Waals surface area (Å²) in [6, 6.07) is 4.74. The van der Waals surface area contributed by atoms with Crippen LogP contribution in [0, 0.1) is 5.82 Å². The van der Waals surface area contributed by atoms with Crippen molar-refractivity contribution in [3.63, 3.8) is 0 Å². The average molecular weight is 519 g/mol. The molecule has 2 rings (SSSR count). The molecule has 1 aromatic carbocycles. The Morgan fingerprint density at radius 3 is 2.76 bits per heavy atom. The third-order valence-corrected chi connectivity index (χ3v) is 4.25. The number of aromatic amines is 1. The number of nitrogens with zero attached hydrogens (tertiary/aromatic N) is 2. The number of carbonyl (C=O) groups is 1. The average Bonchev–Trinajstić information content (AvgIpc) is 3.06. The van der Waals surface area contributed by atoms with Crippen LogP contribution < -0.4 is 10.6 Å². The summed E-state index contributed by atoms with van der Waals surface area (Å²) < 4.78 is 18.6. The number of hydrogen-bond donors (Lipinski definition) is 3. The molecule has 0 aliphatic carbocycles. The van der Waals surface area contributed by atoms with Gasteiger partial charge in [-0.25, -0.2) is 9.38 Å². The van der Waals surface area contributed by atoms with Crippen molar-refractivity contribution in [2.45, 2.75) is 19.8 Å². The smallest absolute Gasteiger partial charge is 0.243 e. The second-order valence-electron chi connectivity index (χ2n) is 6.61. The van der Waals surface area contributed by atoms with E-state index in [1.54, 1.807) is 20.2 Å². The minimum atomic E-state index is -0.254. The van der Waals surface area contributed by atoms with E-state index in [-0.39, 0.29) is 42.2 Å². The van der Waals surface area contributed by atoms with Crippen molar-refractivity contribution in [2.75, 3.05) is 46.9 Å². The third kappa shape index (κ3) is 8.57. The lowest BCUT2D eigenvalue weighted by atomic mass is 10.1. The van der Waals surface area contributed by atoms with E-state index in [9.17, 15) is 9.18 Å². The second kappa shape index (κ2) is 13.4. The number of fused-ring (bicyclic) bond motifs is 1. The summed E-state index contributed by atoms with van der Waals surface area (Å²) in [5, 5.41) is 7.50. The number of aliphatic imine (C=N–C) groups is 1. The Labute approximate surface area is 188 Å². The Morgan fingerprint density at radius 1 is 1.28 bits per heavy atom. The summed E-state index contributed by atoms with van der Waals surface area (Å²) in [7, 11) is 3.42. The SMILES string of the molecule is CCOCCCNC(=NCC(=O)N(C)C)NCCc1c[nH]c2cc(F)ccc12.I. The molecule has 1 heterocycles. The van der Waals surface area contributed by atoms with Crippen molar-refractivity contribution in [1.82, 2.24) is 20.5 Å². The quantitative estimate of drug-likeness (QED) is 0.195. The predicted molar refractivity (Wildman–Crippen MR) is 125 cm³/mol. The molecule has 2 aromatic rings. The highest BCUT2D eigenvalue weighted by molar-refractivity contribution is 14.0. The van der Waals surface area contributed by atoms with Crippen LogP contribution in [0.3, 0.4) is 0 Å². The number of likely N-dealkylation sites (N-methyl/N-ethyl adjacent to an activating group) is 1. The largest absolute Gasteiger partial charge is 0.382 e. The fourth-order valence-electron chi connectivity index (χ4n) is 2.67. The van der Waals surface area contributed by atoms with Gasteiger partial charge in [-0.3, -0.25) is 4.79 Å². The van der Waals surface area contributed by atoms with Crippen molar-refractivity contribution in [3.05, 3.63) is 35.8 Å². The summed E-state index contributed by atoms with van der Waals surface area (Å²) in [6.45, 7) is 4.77. The van der Waals surface area contributed by atoms with Crippen LogP contribution in [0.15, 0.2) is 29.4 Å². The van der Waals surface area contributed by atoms with Gasteiger partial charge in [0, 0.05) is 57.5 Å². The number of benzene rings is 1. The van der Waals surface area contributed by atoms with Crippen LogP contribution in [-0.2, 0) is 16.0 Å². The molecular weight excluding hydrogens is 488 g/mol. The lowest BCUT2D eigenvalue weighted by Gasteiger charge is -2.14. The molecular formula is C20H31FIN5O2. The molecule has 1 aromatic heterocycles. The van der Waals surface area contributed by atoms with Gasteiger partial charge in [0.05, 0.1) is 0 Å². The molecule has 0 saturated carbocycles. The predicted octanol–water partition coefficient (Wildman–Crippen LogP) is 2.52. The minimum absolute atomic E-state index is 0. The van der Waals surface area contributed by atoms with Crippen molar-refractivity contribution in [3.8, 4) is 0 Å². The molecule has 162 valence electrons. The van der Waals surface area contributed by atoms with Crippen LogP contribution in [-0.4, -0.2) is 68.7 Å². The maximum absolute atomic E-state index is 13.3. The van der Waals surface area contributed by atoms with Gasteiger partial charge in [0.1, 0.15) is 12.4 Å². The summed E-state index contributed by atoms with van der Waals surface area (Å²) in [5.41, 5.74) is 1.89. The van der Waals surface area contributed by atoms with Gasteiger partial charge in [0.2, 0.25) is 5.91 Å². The first-order valence-corrected chi connectivity index (χ1v) is 9.57. The molecule has 7 nitrogen and oxygen atoms in total. The highest BCUT2D eigenvalue weighted by Crippen LogP contribution is 2.19. The lowest BCUT2D eigenvalue weighted by Crippen LogP contribution is -2.40. The molecule has 0 atom stereocenters. The van der Waals surface area contributed by atoms with Crippen molar-refractivity contribution >= 4 is 46.7 Å². The normalized spacial score (nSPS) is 11.2. The van der Waals surface area contributed by atoms with Crippen LogP contribution in [0.2, 0.25) is 0 Å². The van der Waals surface area contributed by atoms with Gasteiger partial charge >= 0.3 is 0 Å². The molecule has 1 amide bonds. The fraction of sp³-hybridized carbons (Fsp3) is 0.500. The van der Waals surface area contributed by atoms with Crippen LogP contribution in [0.5, 0.6) is 0 Å². The van der Waals surface area contributed by atoms with Gasteiger partial charge in [0.25, 0.3) is 0 Å². The number of nitrogens with one attached hydrogen (secondary N) is 3. The maximum atomic E-state index is 13.3. The first-order valence-electron chi connectivity index (χ1n) is 9.57. The number of aromatic nitrogens is 1. The first kappa shape index (κ1) is 25.2. The topological polar surface area (TPSA) is 81.8 Å². The van der Waals surface area contributed by atoms with Gasteiger partial charge in [-0.05, 0) is 43.5 Å². The molecule has 29 heavy (non-hydrogen) atoms. The molecule has 0 radical (unpaired) electrons. The lowest BCUT2D eigenvalue weighted by molar-refractivity contribution is -0.127. The Morgan fingerprint density at radius 2 is 2.03 bits per heavy atom. The number of amides is 1. The maximum Gasteiger partial charge on any atom is 0.243 e. The van der Waals surface area contributed by atoms with E-state index in [2.05, 4.69) is 20.6 Å². The monoisotopic (exact) mass is 519 g/mol. The highest BCUT2D eigenvalue weighted by atomic mass is 127. The van der Waals surface area contributed by atoms with Gasteiger partial charge in [0.15, 0.2) is 5.96 Å². The molecule has 0 spiro atoms. The second-order valence-corrected chi connectivity index (χ2v) is 6.61. The van der Waals surface area contributed by atoms with Crippen LogP contribution in [0.4, 0.5) is 4.39 Å². The van der Waals surface area contributed by atoms with Crippen LogP contribution in [0.25, 0.3) is 10.9 Å². The molecule has 0 fully saturated rings. The van der Waals surface area contributed by atoms with E-state index in [1.807, 2.05) is 13.1 Å². The number of hydrogen-bond acceptors (Lipinski definition) is 3. The van der Waals surface area contributed by atoms with Crippen LogP contribution >= 0.6 is 24.0 Å². The number of H-pyrrole nitrogens is 1. The van der Waals surface area contributed by atoms with E-state index in [0.717, 1.165) is 29.3 Å². The van der Waals surface area contributed by atoms with E-state index in [4.69, 9.17) is 4.74 Å². The fourth-order valence-corrected chi connectivity index (χ4v) is 2.67. The zero-order valence-electron chi connectivity index (χ0n) is 17.3. The molecule has 0 unspecified atom stereocenters. The summed E-state index contributed by atoms with van der Waals surface area (Å²) in [4.78, 5) is 20.8. The molecule has 3 N–H and O–H groups in total. The molecule has 9 heteroatoms. The van der Waals surface area contributed by atoms with Crippen molar-refractivity contribution in [2.24, 2.45) is 4.99 Å².